The first-order valence-electron chi connectivity index (χ1n) is 6.40. The van der Waals surface area contributed by atoms with Crippen LogP contribution in [-0.4, -0.2) is 57.8 Å². The first-order valence-corrected chi connectivity index (χ1v) is 7.45. The van der Waals surface area contributed by atoms with Crippen molar-refractivity contribution in [1.82, 2.24) is 4.90 Å². The number of carbonyl (C=O) groups is 2. The molecule has 0 aromatic carbocycles. The topological polar surface area (TPSA) is 92.9 Å². The third kappa shape index (κ3) is 2.59. The van der Waals surface area contributed by atoms with Crippen LogP contribution < -0.4 is 5.73 Å². The number of rotatable bonds is 3. The number of aliphatic carboxylic acids is 1. The maximum Gasteiger partial charge on any atom is 0.327 e. The van der Waals surface area contributed by atoms with Crippen LogP contribution in [0.15, 0.2) is 0 Å². The minimum Gasteiger partial charge on any atom is -0.480 e. The fourth-order valence-corrected chi connectivity index (χ4v) is 3.97. The molecule has 2 aliphatic heterocycles. The molecule has 2 rings (SSSR count). The summed E-state index contributed by atoms with van der Waals surface area (Å²) < 4.78 is 5.21. The predicted octanol–water partition coefficient (Wildman–Crippen LogP) is 0.115. The molecule has 3 atom stereocenters. The van der Waals surface area contributed by atoms with Crippen molar-refractivity contribution in [3.05, 3.63) is 0 Å². The summed E-state index contributed by atoms with van der Waals surface area (Å²) in [5.74, 6) is -0.655. The number of hydrogen-bond acceptors (Lipinski definition) is 5. The summed E-state index contributed by atoms with van der Waals surface area (Å²) in [5, 5.41) is 9.15. The summed E-state index contributed by atoms with van der Waals surface area (Å²) in [6.07, 6.45) is 0.449. The summed E-state index contributed by atoms with van der Waals surface area (Å²) in [5.41, 5.74) is 5.03. The highest BCUT2D eigenvalue weighted by Gasteiger charge is 2.50. The molecule has 19 heavy (non-hydrogen) atoms. The molecule has 7 heteroatoms. The highest BCUT2D eigenvalue weighted by atomic mass is 32.2. The zero-order chi connectivity index (χ0) is 14.2. The number of carbonyl (C=O) groups excluding carboxylic acids is 1. The van der Waals surface area contributed by atoms with Crippen molar-refractivity contribution in [3.63, 3.8) is 0 Å². The van der Waals surface area contributed by atoms with E-state index in [9.17, 15) is 14.7 Å². The van der Waals surface area contributed by atoms with Gasteiger partial charge in [0.25, 0.3) is 0 Å². The number of nitrogens with zero attached hydrogens (tertiary/aromatic N) is 1. The summed E-state index contributed by atoms with van der Waals surface area (Å²) in [4.78, 5) is 25.4. The largest absolute Gasteiger partial charge is 0.480 e. The van der Waals surface area contributed by atoms with Crippen molar-refractivity contribution in [2.24, 2.45) is 11.7 Å². The van der Waals surface area contributed by atoms with Crippen molar-refractivity contribution in [2.75, 3.05) is 19.0 Å². The van der Waals surface area contributed by atoms with Crippen LogP contribution in [0.5, 0.6) is 0 Å². The van der Waals surface area contributed by atoms with E-state index in [1.807, 2.05) is 13.8 Å². The van der Waals surface area contributed by atoms with Crippen LogP contribution in [0.25, 0.3) is 0 Å². The molecule has 2 heterocycles. The second-order valence-corrected chi connectivity index (χ2v) is 6.64. The van der Waals surface area contributed by atoms with Crippen LogP contribution in [-0.2, 0) is 14.3 Å². The molecule has 2 saturated heterocycles. The SMILES string of the molecule is CC(C)C1SCC(C(=O)O)N1C(=O)C1(N)CCOC1. The first kappa shape index (κ1) is 14.6. The number of hydrogen-bond donors (Lipinski definition) is 2. The maximum absolute atomic E-state index is 12.6. The van der Waals surface area contributed by atoms with Gasteiger partial charge in [-0.25, -0.2) is 4.79 Å². The molecule has 0 radical (unpaired) electrons. The Morgan fingerprint density at radius 1 is 1.53 bits per heavy atom. The molecule has 1 amide bonds. The van der Waals surface area contributed by atoms with E-state index in [0.717, 1.165) is 0 Å². The lowest BCUT2D eigenvalue weighted by molar-refractivity contribution is -0.152. The monoisotopic (exact) mass is 288 g/mol. The summed E-state index contributed by atoms with van der Waals surface area (Å²) in [7, 11) is 0. The zero-order valence-electron chi connectivity index (χ0n) is 11.2. The summed E-state index contributed by atoms with van der Waals surface area (Å²) in [6, 6.07) is -0.786. The normalized spacial score (nSPS) is 35.1. The van der Waals surface area contributed by atoms with Gasteiger partial charge in [-0.05, 0) is 12.3 Å². The zero-order valence-corrected chi connectivity index (χ0v) is 12.0. The Morgan fingerprint density at radius 2 is 2.21 bits per heavy atom. The molecule has 3 unspecified atom stereocenters. The average Bonchev–Trinajstić information content (AvgIpc) is 2.94. The van der Waals surface area contributed by atoms with Gasteiger partial charge in [0.2, 0.25) is 5.91 Å². The summed E-state index contributed by atoms with van der Waals surface area (Å²) >= 11 is 1.51. The molecular weight excluding hydrogens is 268 g/mol. The van der Waals surface area contributed by atoms with Gasteiger partial charge >= 0.3 is 5.97 Å². The Balaban J connectivity index is 2.25. The number of carboxylic acids is 1. The van der Waals surface area contributed by atoms with E-state index in [-0.39, 0.29) is 23.8 Å². The van der Waals surface area contributed by atoms with Gasteiger partial charge in [0.05, 0.1) is 12.0 Å². The molecule has 6 nitrogen and oxygen atoms in total. The predicted molar refractivity (Wildman–Crippen MR) is 71.7 cm³/mol. The van der Waals surface area contributed by atoms with E-state index in [0.29, 0.717) is 18.8 Å². The van der Waals surface area contributed by atoms with Crippen LogP contribution in [0, 0.1) is 5.92 Å². The maximum atomic E-state index is 12.6. The molecule has 0 aliphatic carbocycles. The molecule has 3 N–H and O–H groups in total. The number of carboxylic acid groups (broad SMARTS) is 1. The van der Waals surface area contributed by atoms with Crippen molar-refractivity contribution < 1.29 is 19.4 Å². The van der Waals surface area contributed by atoms with E-state index in [4.69, 9.17) is 10.5 Å². The number of amides is 1. The van der Waals surface area contributed by atoms with Crippen LogP contribution in [0.1, 0.15) is 20.3 Å². The third-order valence-electron chi connectivity index (χ3n) is 3.60. The Labute approximate surface area is 116 Å². The number of thioether (sulfide) groups is 1. The summed E-state index contributed by atoms with van der Waals surface area (Å²) in [6.45, 7) is 4.59. The van der Waals surface area contributed by atoms with Gasteiger partial charge in [-0.3, -0.25) is 4.79 Å². The van der Waals surface area contributed by atoms with Crippen molar-refractivity contribution in [3.8, 4) is 0 Å². The second kappa shape index (κ2) is 5.30. The highest BCUT2D eigenvalue weighted by molar-refractivity contribution is 8.00. The van der Waals surface area contributed by atoms with Crippen LogP contribution in [0.3, 0.4) is 0 Å². The fourth-order valence-electron chi connectivity index (χ4n) is 2.50. The van der Waals surface area contributed by atoms with Gasteiger partial charge in [0.1, 0.15) is 11.6 Å². The molecule has 2 aliphatic rings. The van der Waals surface area contributed by atoms with Crippen LogP contribution in [0.2, 0.25) is 0 Å². The number of ether oxygens (including phenoxy) is 1. The van der Waals surface area contributed by atoms with Gasteiger partial charge in [-0.1, -0.05) is 13.8 Å². The number of nitrogens with two attached hydrogens (primary N) is 1. The van der Waals surface area contributed by atoms with Crippen LogP contribution in [0.4, 0.5) is 0 Å². The Kier molecular flexibility index (Phi) is 4.08. The van der Waals surface area contributed by atoms with Crippen molar-refractivity contribution in [1.29, 1.82) is 0 Å². The first-order chi connectivity index (χ1) is 8.87. The standard InChI is InChI=1S/C12H20N2O4S/c1-7(2)9-14(8(5-19-9)10(15)16)11(17)12(13)3-4-18-6-12/h7-9H,3-6,13H2,1-2H3,(H,15,16). The van der Waals surface area contributed by atoms with Crippen molar-refractivity contribution in [2.45, 2.75) is 37.2 Å². The minimum absolute atomic E-state index is 0.130. The lowest BCUT2D eigenvalue weighted by Crippen LogP contribution is -2.60. The van der Waals surface area contributed by atoms with Crippen molar-refractivity contribution >= 4 is 23.6 Å². The fraction of sp³-hybridized carbons (Fsp3) is 0.833. The smallest absolute Gasteiger partial charge is 0.327 e. The molecule has 0 spiro atoms. The van der Waals surface area contributed by atoms with E-state index in [1.165, 1.54) is 16.7 Å². The molecule has 0 aromatic rings. The molecular formula is C12H20N2O4S. The molecule has 108 valence electrons. The molecule has 0 bridgehead atoms. The lowest BCUT2D eigenvalue weighted by atomic mass is 9.96. The van der Waals surface area contributed by atoms with Gasteiger partial charge in [0, 0.05) is 12.4 Å². The van der Waals surface area contributed by atoms with E-state index >= 15 is 0 Å². The Bertz CT molecular complexity index is 382. The molecule has 2 fully saturated rings. The Morgan fingerprint density at radius 3 is 2.68 bits per heavy atom. The Hall–Kier alpha value is -0.790. The second-order valence-electron chi connectivity index (χ2n) is 5.49. The van der Waals surface area contributed by atoms with Gasteiger partial charge < -0.3 is 20.5 Å². The van der Waals surface area contributed by atoms with E-state index in [2.05, 4.69) is 0 Å². The molecule has 0 saturated carbocycles. The van der Waals surface area contributed by atoms with Gasteiger partial charge in [0.15, 0.2) is 0 Å². The third-order valence-corrected chi connectivity index (χ3v) is 5.22. The quantitative estimate of drug-likeness (QED) is 0.766. The highest BCUT2D eigenvalue weighted by Crippen LogP contribution is 2.36. The van der Waals surface area contributed by atoms with Gasteiger partial charge in [-0.2, -0.15) is 0 Å². The van der Waals surface area contributed by atoms with E-state index in [1.54, 1.807) is 0 Å². The van der Waals surface area contributed by atoms with Gasteiger partial charge in [-0.15, -0.1) is 11.8 Å². The molecule has 0 aromatic heterocycles. The average molecular weight is 288 g/mol. The minimum atomic E-state index is -1.06. The van der Waals surface area contributed by atoms with Crippen LogP contribution >= 0.6 is 11.8 Å². The van der Waals surface area contributed by atoms with E-state index < -0.39 is 17.6 Å². The lowest BCUT2D eigenvalue weighted by Gasteiger charge is -2.35.